The summed E-state index contributed by atoms with van der Waals surface area (Å²) in [5.74, 6) is 4.44. The summed E-state index contributed by atoms with van der Waals surface area (Å²) in [6.07, 6.45) is 2.78. The van der Waals surface area contributed by atoms with Gasteiger partial charge in [0.15, 0.2) is 0 Å². The molecule has 1 heteroatoms. The Morgan fingerprint density at radius 3 is 1.56 bits per heavy atom. The summed E-state index contributed by atoms with van der Waals surface area (Å²) in [4.78, 5) is 0. The molecule has 0 radical (unpaired) electrons. The molecule has 0 atom stereocenters. The van der Waals surface area contributed by atoms with E-state index in [1.807, 2.05) is 0 Å². The van der Waals surface area contributed by atoms with Crippen LogP contribution in [0.3, 0.4) is 0 Å². The van der Waals surface area contributed by atoms with E-state index in [4.69, 9.17) is 0 Å². The fourth-order valence-corrected chi connectivity index (χ4v) is 3.18. The van der Waals surface area contributed by atoms with E-state index < -0.39 is 0 Å². The minimum Gasteiger partial charge on any atom is -0.254 e. The molecular formula is C8H20S. The van der Waals surface area contributed by atoms with Gasteiger partial charge < -0.3 is 0 Å². The summed E-state index contributed by atoms with van der Waals surface area (Å²) in [6.45, 7) is 6.92. The van der Waals surface area contributed by atoms with Crippen LogP contribution in [0, 0.1) is 0 Å². The highest BCUT2D eigenvalue weighted by Crippen LogP contribution is 2.25. The van der Waals surface area contributed by atoms with Gasteiger partial charge in [0.1, 0.15) is 0 Å². The molecular weight excluding hydrogens is 128 g/mol. The molecule has 9 heavy (non-hydrogen) atoms. The molecule has 0 N–H and O–H groups in total. The molecule has 0 aliphatic rings. The van der Waals surface area contributed by atoms with Crippen LogP contribution in [0.25, 0.3) is 0 Å². The van der Waals surface area contributed by atoms with Gasteiger partial charge in [-0.2, -0.15) is 0 Å². The van der Waals surface area contributed by atoms with Crippen LogP contribution < -0.4 is 0 Å². The van der Waals surface area contributed by atoms with Crippen LogP contribution in [-0.2, 0) is 0 Å². The monoisotopic (exact) mass is 148 g/mol. The highest BCUT2D eigenvalue weighted by molar-refractivity contribution is 8.16. The van der Waals surface area contributed by atoms with Gasteiger partial charge in [-0.05, 0) is 30.1 Å². The van der Waals surface area contributed by atoms with Crippen molar-refractivity contribution in [3.8, 4) is 0 Å². The Balaban J connectivity index is 3.18. The van der Waals surface area contributed by atoms with Crippen molar-refractivity contribution in [1.29, 1.82) is 0 Å². The Kier molecular flexibility index (Phi) is 6.72. The van der Waals surface area contributed by atoms with E-state index in [1.165, 1.54) is 30.1 Å². The van der Waals surface area contributed by atoms with Crippen molar-refractivity contribution in [3.63, 3.8) is 0 Å². The summed E-state index contributed by atoms with van der Waals surface area (Å²) >= 11 is 0. The van der Waals surface area contributed by atoms with Crippen LogP contribution in [0.15, 0.2) is 0 Å². The van der Waals surface area contributed by atoms with Gasteiger partial charge in [0.2, 0.25) is 0 Å². The van der Waals surface area contributed by atoms with E-state index in [1.54, 1.807) is 0 Å². The van der Waals surface area contributed by atoms with E-state index in [-0.39, 0.29) is 0 Å². The topological polar surface area (TPSA) is 0 Å². The lowest BCUT2D eigenvalue weighted by Crippen LogP contribution is -1.94. The van der Waals surface area contributed by atoms with Crippen molar-refractivity contribution in [2.45, 2.75) is 33.6 Å². The van der Waals surface area contributed by atoms with E-state index in [0.29, 0.717) is 10.9 Å². The molecule has 0 aliphatic heterocycles. The van der Waals surface area contributed by atoms with Crippen LogP contribution in [-0.4, -0.2) is 17.3 Å². The Bertz CT molecular complexity index is 46.5. The van der Waals surface area contributed by atoms with Crippen molar-refractivity contribution in [1.82, 2.24) is 0 Å². The van der Waals surface area contributed by atoms with Crippen LogP contribution in [0.2, 0.25) is 0 Å². The van der Waals surface area contributed by atoms with Crippen molar-refractivity contribution in [2.24, 2.45) is 0 Å². The molecule has 0 aromatic rings. The van der Waals surface area contributed by atoms with Gasteiger partial charge in [0.25, 0.3) is 0 Å². The predicted molar refractivity (Wildman–Crippen MR) is 49.8 cm³/mol. The predicted octanol–water partition coefficient (Wildman–Crippen LogP) is 2.83. The van der Waals surface area contributed by atoms with Crippen molar-refractivity contribution >= 4 is 10.9 Å². The maximum absolute atomic E-state index is 2.33. The normalized spacial score (nSPS) is 11.7. The molecule has 0 bridgehead atoms. The third-order valence-corrected chi connectivity index (χ3v) is 4.58. The minimum atomic E-state index is 0.441. The standard InChI is InChI=1S/C8H20S/c1-4-7-9(6-3)8-5-2/h9H,4-8H2,1-3H3. The van der Waals surface area contributed by atoms with Crippen LogP contribution >= 0.6 is 10.9 Å². The number of hydrogen-bond donors (Lipinski definition) is 1. The van der Waals surface area contributed by atoms with E-state index in [0.717, 1.165) is 0 Å². The second kappa shape index (κ2) is 6.47. The summed E-state index contributed by atoms with van der Waals surface area (Å²) in [5, 5.41) is 0. The smallest absolute Gasteiger partial charge is 0.0256 e. The molecule has 0 aromatic carbocycles. The number of rotatable bonds is 5. The van der Waals surface area contributed by atoms with Crippen molar-refractivity contribution in [3.05, 3.63) is 0 Å². The fraction of sp³-hybridized carbons (Fsp3) is 1.00. The van der Waals surface area contributed by atoms with Gasteiger partial charge >= 0.3 is 0 Å². The maximum atomic E-state index is 2.33. The highest BCUT2D eigenvalue weighted by atomic mass is 32.2. The second-order valence-electron chi connectivity index (χ2n) is 2.43. The molecule has 0 aliphatic carbocycles. The zero-order chi connectivity index (χ0) is 7.11. The Morgan fingerprint density at radius 1 is 0.889 bits per heavy atom. The Labute approximate surface area is 62.4 Å². The first-order chi connectivity index (χ1) is 4.35. The highest BCUT2D eigenvalue weighted by Gasteiger charge is 1.95. The van der Waals surface area contributed by atoms with Crippen LogP contribution in [0.4, 0.5) is 0 Å². The Hall–Kier alpha value is 0.350. The SMILES string of the molecule is CCC[SH](CC)CCC. The molecule has 0 saturated heterocycles. The van der Waals surface area contributed by atoms with Gasteiger partial charge in [0.05, 0.1) is 0 Å². The molecule has 0 rings (SSSR count). The summed E-state index contributed by atoms with van der Waals surface area (Å²) < 4.78 is 0. The summed E-state index contributed by atoms with van der Waals surface area (Å²) in [6, 6.07) is 0. The molecule has 0 unspecified atom stereocenters. The lowest BCUT2D eigenvalue weighted by Gasteiger charge is -2.16. The molecule has 0 fully saturated rings. The summed E-state index contributed by atoms with van der Waals surface area (Å²) in [5.41, 5.74) is 0. The average Bonchev–Trinajstić information content (AvgIpc) is 1.88. The van der Waals surface area contributed by atoms with Crippen molar-refractivity contribution in [2.75, 3.05) is 17.3 Å². The first-order valence-electron chi connectivity index (χ1n) is 4.07. The van der Waals surface area contributed by atoms with Gasteiger partial charge in [0, 0.05) is 0 Å². The van der Waals surface area contributed by atoms with Crippen molar-refractivity contribution < 1.29 is 0 Å². The van der Waals surface area contributed by atoms with E-state index in [2.05, 4.69) is 20.8 Å². The molecule has 0 heterocycles. The molecule has 58 valence electrons. The Morgan fingerprint density at radius 2 is 1.33 bits per heavy atom. The quantitative estimate of drug-likeness (QED) is 0.569. The first kappa shape index (κ1) is 9.35. The molecule has 0 saturated carbocycles. The lowest BCUT2D eigenvalue weighted by molar-refractivity contribution is 1.06. The summed E-state index contributed by atoms with van der Waals surface area (Å²) in [7, 11) is 0.441. The fourth-order valence-electron chi connectivity index (χ4n) is 1.06. The van der Waals surface area contributed by atoms with E-state index in [9.17, 15) is 0 Å². The number of thiol groups is 1. The van der Waals surface area contributed by atoms with Gasteiger partial charge in [-0.25, -0.2) is 0 Å². The van der Waals surface area contributed by atoms with Gasteiger partial charge in [-0.1, -0.05) is 20.8 Å². The molecule has 0 spiro atoms. The first-order valence-corrected chi connectivity index (χ1v) is 5.97. The molecule has 0 nitrogen and oxygen atoms in total. The maximum Gasteiger partial charge on any atom is -0.0256 e. The zero-order valence-corrected chi connectivity index (χ0v) is 7.88. The third kappa shape index (κ3) is 4.83. The molecule has 0 amide bonds. The average molecular weight is 148 g/mol. The number of hydrogen-bond acceptors (Lipinski definition) is 0. The minimum absolute atomic E-state index is 0.441. The van der Waals surface area contributed by atoms with Crippen LogP contribution in [0.5, 0.6) is 0 Å². The lowest BCUT2D eigenvalue weighted by atomic mass is 10.6. The van der Waals surface area contributed by atoms with Crippen LogP contribution in [0.1, 0.15) is 33.6 Å². The van der Waals surface area contributed by atoms with Gasteiger partial charge in [-0.15, -0.1) is 0 Å². The second-order valence-corrected chi connectivity index (χ2v) is 5.30. The largest absolute Gasteiger partial charge is 0.254 e. The molecule has 0 aromatic heterocycles. The zero-order valence-electron chi connectivity index (χ0n) is 6.98. The van der Waals surface area contributed by atoms with E-state index >= 15 is 0 Å². The third-order valence-electron chi connectivity index (χ3n) is 1.53. The van der Waals surface area contributed by atoms with Gasteiger partial charge in [-0.3, -0.25) is 10.9 Å².